The Kier molecular flexibility index (Phi) is 4.43. The lowest BCUT2D eigenvalue weighted by Crippen LogP contribution is -2.47. The minimum absolute atomic E-state index is 0.332. The molecule has 25 heavy (non-hydrogen) atoms. The molecule has 4 heterocycles. The molecule has 4 rings (SSSR count). The van der Waals surface area contributed by atoms with Crippen LogP contribution in [0.15, 0.2) is 40.6 Å². The summed E-state index contributed by atoms with van der Waals surface area (Å²) in [5.74, 6) is 2.06. The van der Waals surface area contributed by atoms with Gasteiger partial charge in [0.25, 0.3) is 0 Å². The van der Waals surface area contributed by atoms with Crippen LogP contribution in [-0.2, 0) is 0 Å². The van der Waals surface area contributed by atoms with Crippen molar-refractivity contribution in [2.75, 3.05) is 23.7 Å². The Hall–Kier alpha value is -1.99. The molecule has 3 aromatic rings. The van der Waals surface area contributed by atoms with Crippen LogP contribution >= 0.6 is 23.4 Å². The van der Waals surface area contributed by atoms with E-state index in [1.807, 2.05) is 22.9 Å². The van der Waals surface area contributed by atoms with Gasteiger partial charge in [-0.15, -0.1) is 0 Å². The number of hydrogen-bond donors (Lipinski definition) is 1. The highest BCUT2D eigenvalue weighted by Gasteiger charge is 2.28. The number of nitrogens with two attached hydrogens (primary N) is 1. The van der Waals surface area contributed by atoms with Crippen LogP contribution in [0.25, 0.3) is 5.65 Å². The van der Waals surface area contributed by atoms with Gasteiger partial charge in [0.2, 0.25) is 5.95 Å². The van der Waals surface area contributed by atoms with Gasteiger partial charge in [-0.25, -0.2) is 15.0 Å². The molecule has 0 aromatic carbocycles. The molecule has 1 aliphatic heterocycles. The zero-order chi connectivity index (χ0) is 17.4. The lowest BCUT2D eigenvalue weighted by molar-refractivity contribution is 0.374. The van der Waals surface area contributed by atoms with Crippen LogP contribution in [0.3, 0.4) is 0 Å². The molecule has 0 saturated carbocycles. The summed E-state index contributed by atoms with van der Waals surface area (Å²) in [5.41, 5.74) is 6.67. The number of nitrogens with zero attached hydrogens (tertiary/aromatic N) is 5. The van der Waals surface area contributed by atoms with Gasteiger partial charge in [-0.3, -0.25) is 4.40 Å². The first kappa shape index (κ1) is 16.5. The Morgan fingerprint density at radius 2 is 2.08 bits per heavy atom. The van der Waals surface area contributed by atoms with Gasteiger partial charge < -0.3 is 10.6 Å². The predicted molar refractivity (Wildman–Crippen MR) is 101 cm³/mol. The van der Waals surface area contributed by atoms with E-state index in [0.717, 1.165) is 40.4 Å². The van der Waals surface area contributed by atoms with Crippen molar-refractivity contribution in [3.05, 3.63) is 35.9 Å². The summed E-state index contributed by atoms with van der Waals surface area (Å²) in [6.07, 6.45) is 9.79. The summed E-state index contributed by atoms with van der Waals surface area (Å²) in [6, 6.07) is 1.85. The summed E-state index contributed by atoms with van der Waals surface area (Å²) in [7, 11) is 0. The van der Waals surface area contributed by atoms with E-state index in [0.29, 0.717) is 10.8 Å². The van der Waals surface area contributed by atoms with Gasteiger partial charge in [0.05, 0.1) is 9.92 Å². The summed E-state index contributed by atoms with van der Waals surface area (Å²) >= 11 is 7.76. The maximum atomic E-state index is 6.26. The highest BCUT2D eigenvalue weighted by Crippen LogP contribution is 2.37. The van der Waals surface area contributed by atoms with E-state index in [1.165, 1.54) is 24.6 Å². The molecule has 1 aliphatic rings. The number of fused-ring (bicyclic) bond motifs is 1. The van der Waals surface area contributed by atoms with Gasteiger partial charge in [-0.1, -0.05) is 36.7 Å². The fourth-order valence-corrected chi connectivity index (χ4v) is 4.29. The second-order valence-electron chi connectivity index (χ2n) is 6.21. The van der Waals surface area contributed by atoms with Crippen molar-refractivity contribution >= 4 is 40.8 Å². The smallest absolute Gasteiger partial charge is 0.211 e. The van der Waals surface area contributed by atoms with Crippen molar-refractivity contribution in [2.45, 2.75) is 29.6 Å². The van der Waals surface area contributed by atoms with E-state index in [-0.39, 0.29) is 0 Å². The summed E-state index contributed by atoms with van der Waals surface area (Å²) in [6.45, 7) is 4.36. The molecule has 1 fully saturated rings. The van der Waals surface area contributed by atoms with Crippen LogP contribution in [0.1, 0.15) is 19.8 Å². The normalized spacial score (nSPS) is 14.9. The van der Waals surface area contributed by atoms with Crippen molar-refractivity contribution in [2.24, 2.45) is 5.92 Å². The van der Waals surface area contributed by atoms with Gasteiger partial charge in [0, 0.05) is 42.8 Å². The third-order valence-electron chi connectivity index (χ3n) is 4.41. The first-order valence-electron chi connectivity index (χ1n) is 8.32. The molecule has 0 radical (unpaired) electrons. The van der Waals surface area contributed by atoms with E-state index in [1.54, 1.807) is 12.4 Å². The minimum atomic E-state index is 0.332. The van der Waals surface area contributed by atoms with E-state index in [2.05, 4.69) is 26.8 Å². The number of anilines is 2. The maximum Gasteiger partial charge on any atom is 0.211 e. The van der Waals surface area contributed by atoms with Crippen LogP contribution < -0.4 is 10.6 Å². The molecule has 8 heteroatoms. The molecule has 6 nitrogen and oxygen atoms in total. The number of imidazole rings is 1. The third kappa shape index (κ3) is 3.02. The fraction of sp³-hybridized carbons (Fsp3) is 0.353. The number of rotatable bonds is 5. The first-order valence-corrected chi connectivity index (χ1v) is 9.51. The molecule has 0 spiro atoms. The summed E-state index contributed by atoms with van der Waals surface area (Å²) < 4.78 is 2.04. The van der Waals surface area contributed by atoms with Gasteiger partial charge in [0.1, 0.15) is 5.82 Å². The number of hydrogen-bond acceptors (Lipinski definition) is 6. The molecular formula is C17H19ClN6S. The Morgan fingerprint density at radius 3 is 2.88 bits per heavy atom. The Balaban J connectivity index is 1.63. The molecule has 0 atom stereocenters. The lowest BCUT2D eigenvalue weighted by atomic mass is 9.96. The number of aromatic nitrogens is 4. The second-order valence-corrected chi connectivity index (χ2v) is 7.68. The Morgan fingerprint density at radius 1 is 1.24 bits per heavy atom. The monoisotopic (exact) mass is 374 g/mol. The highest BCUT2D eigenvalue weighted by molar-refractivity contribution is 7.99. The molecule has 0 aliphatic carbocycles. The number of halogens is 1. The minimum Gasteiger partial charge on any atom is -0.382 e. The van der Waals surface area contributed by atoms with Gasteiger partial charge in [0.15, 0.2) is 5.65 Å². The van der Waals surface area contributed by atoms with Crippen LogP contribution in [0.2, 0.25) is 5.02 Å². The molecule has 3 aromatic heterocycles. The van der Waals surface area contributed by atoms with E-state index >= 15 is 0 Å². The average Bonchev–Trinajstić information content (AvgIpc) is 3.06. The SMILES string of the molecule is CCCC1CN(c2ncc(Sc3ccnc(N)c3Cl)c3nccn23)C1. The van der Waals surface area contributed by atoms with Crippen molar-refractivity contribution < 1.29 is 0 Å². The second kappa shape index (κ2) is 6.72. The molecule has 0 unspecified atom stereocenters. The topological polar surface area (TPSA) is 72.3 Å². The molecule has 0 bridgehead atoms. The average molecular weight is 375 g/mol. The standard InChI is InChI=1S/C17H19ClN6S/c1-2-3-11-9-23(10-11)17-22-8-13(16-21-6-7-24(16)17)25-12-4-5-20-15(19)14(12)18/h4-8,11H,2-3,9-10H2,1H3,(H2,19,20). The molecule has 130 valence electrons. The van der Waals surface area contributed by atoms with Crippen molar-refractivity contribution in [3.8, 4) is 0 Å². The molecular weight excluding hydrogens is 356 g/mol. The maximum absolute atomic E-state index is 6.26. The fourth-order valence-electron chi connectivity index (χ4n) is 3.15. The van der Waals surface area contributed by atoms with Crippen molar-refractivity contribution in [1.82, 2.24) is 19.4 Å². The van der Waals surface area contributed by atoms with Gasteiger partial charge >= 0.3 is 0 Å². The van der Waals surface area contributed by atoms with Crippen molar-refractivity contribution in [1.29, 1.82) is 0 Å². The quantitative estimate of drug-likeness (QED) is 0.733. The third-order valence-corrected chi connectivity index (χ3v) is 5.99. The van der Waals surface area contributed by atoms with E-state index in [9.17, 15) is 0 Å². The van der Waals surface area contributed by atoms with Crippen LogP contribution in [0.5, 0.6) is 0 Å². The number of pyridine rings is 1. The largest absolute Gasteiger partial charge is 0.382 e. The van der Waals surface area contributed by atoms with Gasteiger partial charge in [-0.2, -0.15) is 0 Å². The van der Waals surface area contributed by atoms with Crippen LogP contribution in [0, 0.1) is 5.92 Å². The van der Waals surface area contributed by atoms with Crippen molar-refractivity contribution in [3.63, 3.8) is 0 Å². The zero-order valence-corrected chi connectivity index (χ0v) is 15.5. The van der Waals surface area contributed by atoms with E-state index < -0.39 is 0 Å². The van der Waals surface area contributed by atoms with E-state index in [4.69, 9.17) is 17.3 Å². The molecule has 0 amide bonds. The van der Waals surface area contributed by atoms with Crippen LogP contribution in [0.4, 0.5) is 11.8 Å². The highest BCUT2D eigenvalue weighted by atomic mass is 35.5. The molecule has 1 saturated heterocycles. The predicted octanol–water partition coefficient (Wildman–Crippen LogP) is 3.75. The Bertz CT molecular complexity index is 905. The van der Waals surface area contributed by atoms with Crippen LogP contribution in [-0.4, -0.2) is 32.4 Å². The Labute approximate surface area is 155 Å². The lowest BCUT2D eigenvalue weighted by Gasteiger charge is -2.40. The van der Waals surface area contributed by atoms with Gasteiger partial charge in [-0.05, 0) is 18.4 Å². The molecule has 2 N–H and O–H groups in total. The number of nitrogen functional groups attached to an aromatic ring is 1. The summed E-state index contributed by atoms with van der Waals surface area (Å²) in [4.78, 5) is 17.3. The summed E-state index contributed by atoms with van der Waals surface area (Å²) in [5, 5.41) is 0.464. The zero-order valence-electron chi connectivity index (χ0n) is 13.9. The first-order chi connectivity index (χ1) is 12.2.